The second kappa shape index (κ2) is 5.07. The summed E-state index contributed by atoms with van der Waals surface area (Å²) in [7, 11) is 0. The van der Waals surface area contributed by atoms with Gasteiger partial charge in [0.15, 0.2) is 5.41 Å². The van der Waals surface area contributed by atoms with Gasteiger partial charge in [0.05, 0.1) is 10.8 Å². The van der Waals surface area contributed by atoms with E-state index in [2.05, 4.69) is 0 Å². The van der Waals surface area contributed by atoms with Crippen molar-refractivity contribution in [2.24, 2.45) is 5.41 Å². The van der Waals surface area contributed by atoms with Crippen LogP contribution in [-0.4, -0.2) is 42.8 Å². The molecule has 1 N–H and O–H groups in total. The molecule has 1 aliphatic heterocycles. The topological polar surface area (TPSA) is 128 Å². The summed E-state index contributed by atoms with van der Waals surface area (Å²) in [5, 5.41) is 33.9. The second-order valence-electron chi connectivity index (χ2n) is 7.79. The predicted octanol–water partition coefficient (Wildman–Crippen LogP) is 1.73. The van der Waals surface area contributed by atoms with E-state index < -0.39 is 37.9 Å². The van der Waals surface area contributed by atoms with Crippen LogP contribution in [0.2, 0.25) is 0 Å². The minimum atomic E-state index is -2.86. The lowest BCUT2D eigenvalue weighted by molar-refractivity contribution is -0.866. The van der Waals surface area contributed by atoms with E-state index in [1.807, 2.05) is 0 Å². The number of nitrogens with zero attached hydrogens (tertiary/aromatic N) is 3. The SMILES string of the molecule is CC(C)(O)C(C)(C)ON1OC(C)(C)C(C)(C)C1([N+](=O)[O-])[N+](=O)[O-]. The zero-order valence-electron chi connectivity index (χ0n) is 14.7. The van der Waals surface area contributed by atoms with Crippen LogP contribution < -0.4 is 0 Å². The molecular formula is C13H25N3O7. The maximum absolute atomic E-state index is 11.7. The van der Waals surface area contributed by atoms with Gasteiger partial charge in [0.25, 0.3) is 0 Å². The zero-order valence-corrected chi connectivity index (χ0v) is 14.7. The highest BCUT2D eigenvalue weighted by Gasteiger charge is 2.85. The number of nitro groups is 2. The van der Waals surface area contributed by atoms with E-state index in [1.165, 1.54) is 55.4 Å². The molecule has 0 unspecified atom stereocenters. The lowest BCUT2D eigenvalue weighted by Crippen LogP contribution is -2.66. The van der Waals surface area contributed by atoms with Crippen molar-refractivity contribution < 1.29 is 24.6 Å². The van der Waals surface area contributed by atoms with E-state index in [0.717, 1.165) is 0 Å². The third-order valence-electron chi connectivity index (χ3n) is 5.20. The maximum Gasteiger partial charge on any atom is 0.574 e. The summed E-state index contributed by atoms with van der Waals surface area (Å²) in [4.78, 5) is 32.3. The van der Waals surface area contributed by atoms with Gasteiger partial charge in [-0.25, -0.2) is 0 Å². The third-order valence-corrected chi connectivity index (χ3v) is 5.20. The second-order valence-corrected chi connectivity index (χ2v) is 7.79. The summed E-state index contributed by atoms with van der Waals surface area (Å²) in [6, 6.07) is 0. The Morgan fingerprint density at radius 1 is 1.04 bits per heavy atom. The summed E-state index contributed by atoms with van der Waals surface area (Å²) < 4.78 is 0. The van der Waals surface area contributed by atoms with Crippen LogP contribution in [0.1, 0.15) is 55.4 Å². The first-order chi connectivity index (χ1) is 9.95. The molecule has 10 heteroatoms. The van der Waals surface area contributed by atoms with E-state index in [1.54, 1.807) is 0 Å². The van der Waals surface area contributed by atoms with Gasteiger partial charge < -0.3 is 5.11 Å². The molecule has 0 saturated carbocycles. The van der Waals surface area contributed by atoms with Crippen LogP contribution >= 0.6 is 0 Å². The Morgan fingerprint density at radius 2 is 1.43 bits per heavy atom. The molecule has 1 rings (SSSR count). The minimum absolute atomic E-state index is 0.324. The van der Waals surface area contributed by atoms with Crippen LogP contribution in [0.25, 0.3) is 0 Å². The first-order valence-electron chi connectivity index (χ1n) is 7.15. The average molecular weight is 335 g/mol. The third kappa shape index (κ3) is 2.49. The van der Waals surface area contributed by atoms with E-state index in [4.69, 9.17) is 9.68 Å². The molecule has 0 amide bonds. The fourth-order valence-electron chi connectivity index (χ4n) is 2.07. The molecule has 0 aromatic heterocycles. The Balaban J connectivity index is 3.53. The Morgan fingerprint density at radius 3 is 1.74 bits per heavy atom. The molecule has 23 heavy (non-hydrogen) atoms. The van der Waals surface area contributed by atoms with Gasteiger partial charge in [-0.3, -0.25) is 29.9 Å². The summed E-state index contributed by atoms with van der Waals surface area (Å²) in [5.74, 6) is -2.86. The number of aliphatic hydroxyl groups is 1. The molecule has 0 radical (unpaired) electrons. The number of hydrogen-bond acceptors (Lipinski definition) is 8. The van der Waals surface area contributed by atoms with Crippen molar-refractivity contribution in [1.82, 2.24) is 5.23 Å². The highest BCUT2D eigenvalue weighted by atomic mass is 17.0. The van der Waals surface area contributed by atoms with Gasteiger partial charge in [0, 0.05) is 0 Å². The lowest BCUT2D eigenvalue weighted by atomic mass is 9.73. The van der Waals surface area contributed by atoms with Gasteiger partial charge in [-0.15, -0.1) is 0 Å². The van der Waals surface area contributed by atoms with Crippen molar-refractivity contribution in [3.05, 3.63) is 20.2 Å². The van der Waals surface area contributed by atoms with Gasteiger partial charge >= 0.3 is 5.79 Å². The van der Waals surface area contributed by atoms with Crippen LogP contribution in [-0.2, 0) is 9.68 Å². The monoisotopic (exact) mass is 335 g/mol. The van der Waals surface area contributed by atoms with Crippen molar-refractivity contribution >= 4 is 0 Å². The molecule has 1 heterocycles. The Hall–Kier alpha value is -1.36. The average Bonchev–Trinajstić information content (AvgIpc) is 2.39. The quantitative estimate of drug-likeness (QED) is 0.457. The van der Waals surface area contributed by atoms with Crippen LogP contribution in [0, 0.1) is 25.6 Å². The predicted molar refractivity (Wildman–Crippen MR) is 79.0 cm³/mol. The van der Waals surface area contributed by atoms with Gasteiger partial charge in [-0.1, -0.05) is 0 Å². The highest BCUT2D eigenvalue weighted by Crippen LogP contribution is 2.54. The van der Waals surface area contributed by atoms with E-state index in [0.29, 0.717) is 5.23 Å². The zero-order chi connectivity index (χ0) is 18.6. The molecule has 0 aromatic carbocycles. The molecule has 1 fully saturated rings. The molecule has 10 nitrogen and oxygen atoms in total. The molecule has 0 spiro atoms. The summed E-state index contributed by atoms with van der Waals surface area (Å²) >= 11 is 0. The summed E-state index contributed by atoms with van der Waals surface area (Å²) in [5.41, 5.74) is -5.63. The van der Waals surface area contributed by atoms with E-state index in [-0.39, 0.29) is 0 Å². The molecule has 0 aliphatic carbocycles. The fourth-order valence-corrected chi connectivity index (χ4v) is 2.07. The van der Waals surface area contributed by atoms with E-state index in [9.17, 15) is 25.3 Å². The Labute approximate surface area is 134 Å². The van der Waals surface area contributed by atoms with Gasteiger partial charge in [-0.05, 0) is 55.4 Å². The van der Waals surface area contributed by atoms with Gasteiger partial charge in [-0.2, -0.15) is 0 Å². The Bertz CT molecular complexity index is 508. The van der Waals surface area contributed by atoms with E-state index >= 15 is 0 Å². The number of hydrogen-bond donors (Lipinski definition) is 1. The molecule has 1 saturated heterocycles. The number of rotatable bonds is 5. The minimum Gasteiger partial charge on any atom is -0.387 e. The molecule has 0 atom stereocenters. The number of hydroxylamine groups is 2. The standard InChI is InChI=1S/C13H25N3O7/c1-9(2)11(5,6)22-16(13(9,14(18)19)15(20)21)23-12(7,8)10(3,4)17/h17H,1-8H3. The maximum atomic E-state index is 11.7. The first kappa shape index (κ1) is 19.7. The van der Waals surface area contributed by atoms with Gasteiger partial charge in [0.2, 0.25) is 0 Å². The van der Waals surface area contributed by atoms with Crippen LogP contribution in [0.3, 0.4) is 0 Å². The summed E-state index contributed by atoms with van der Waals surface area (Å²) in [6.07, 6.45) is 0. The highest BCUT2D eigenvalue weighted by molar-refractivity contribution is 5.00. The fraction of sp³-hybridized carbons (Fsp3) is 1.00. The van der Waals surface area contributed by atoms with Crippen molar-refractivity contribution in [1.29, 1.82) is 0 Å². The van der Waals surface area contributed by atoms with Crippen LogP contribution in [0.4, 0.5) is 0 Å². The normalized spacial score (nSPS) is 23.7. The molecule has 134 valence electrons. The van der Waals surface area contributed by atoms with Crippen LogP contribution in [0.5, 0.6) is 0 Å². The van der Waals surface area contributed by atoms with Crippen LogP contribution in [0.15, 0.2) is 0 Å². The van der Waals surface area contributed by atoms with Crippen molar-refractivity contribution in [2.75, 3.05) is 0 Å². The molecule has 1 aliphatic rings. The Kier molecular flexibility index (Phi) is 4.34. The van der Waals surface area contributed by atoms with Crippen molar-refractivity contribution in [3.63, 3.8) is 0 Å². The first-order valence-corrected chi connectivity index (χ1v) is 7.15. The largest absolute Gasteiger partial charge is 0.574 e. The molecule has 0 aromatic rings. The van der Waals surface area contributed by atoms with Crippen molar-refractivity contribution in [2.45, 2.75) is 78.0 Å². The van der Waals surface area contributed by atoms with Crippen molar-refractivity contribution in [3.8, 4) is 0 Å². The summed E-state index contributed by atoms with van der Waals surface area (Å²) in [6.45, 7) is 11.5. The lowest BCUT2D eigenvalue weighted by Gasteiger charge is -2.39. The molecular weight excluding hydrogens is 310 g/mol. The molecule has 0 bridgehead atoms. The van der Waals surface area contributed by atoms with Gasteiger partial charge in [0.1, 0.15) is 21.0 Å². The smallest absolute Gasteiger partial charge is 0.387 e.